The van der Waals surface area contributed by atoms with E-state index in [9.17, 15) is 27.2 Å². The molecule has 0 saturated heterocycles. The molecule has 2 aromatic carbocycles. The van der Waals surface area contributed by atoms with Crippen LogP contribution < -0.4 is 5.32 Å². The molecule has 1 N–H and O–H groups in total. The number of halogens is 4. The molecule has 2 saturated carbocycles. The van der Waals surface area contributed by atoms with Crippen molar-refractivity contribution in [1.82, 2.24) is 5.32 Å². The number of hydrogen-bond acceptors (Lipinski definition) is 7. The lowest BCUT2D eigenvalue weighted by Gasteiger charge is -2.13. The van der Waals surface area contributed by atoms with Crippen LogP contribution in [0.25, 0.3) is 0 Å². The van der Waals surface area contributed by atoms with Crippen LogP contribution in [0.5, 0.6) is 0 Å². The summed E-state index contributed by atoms with van der Waals surface area (Å²) in [5.41, 5.74) is 1.72. The van der Waals surface area contributed by atoms with Crippen molar-refractivity contribution in [2.45, 2.75) is 85.6 Å². The summed E-state index contributed by atoms with van der Waals surface area (Å²) in [7, 11) is 0. The third-order valence-electron chi connectivity index (χ3n) is 6.58. The second kappa shape index (κ2) is 18.9. The van der Waals surface area contributed by atoms with Crippen LogP contribution in [0, 0.1) is 23.2 Å². The maximum absolute atomic E-state index is 12.2. The van der Waals surface area contributed by atoms with Gasteiger partial charge in [0.1, 0.15) is 0 Å². The number of carbonyl (C=O) groups excluding carboxylic acids is 4. The lowest BCUT2D eigenvalue weighted by Crippen LogP contribution is -2.23. The first-order valence-corrected chi connectivity index (χ1v) is 14.0. The van der Waals surface area contributed by atoms with E-state index in [1.54, 1.807) is 27.7 Å². The number of esters is 2. The van der Waals surface area contributed by atoms with Crippen LogP contribution >= 0.6 is 0 Å². The van der Waals surface area contributed by atoms with E-state index in [1.165, 1.54) is 18.1 Å². The average molecular weight is 612 g/mol. The van der Waals surface area contributed by atoms with Crippen molar-refractivity contribution in [3.05, 3.63) is 71.8 Å². The van der Waals surface area contributed by atoms with Crippen LogP contribution in [0.4, 0.5) is 17.6 Å². The molecule has 2 aliphatic rings. The van der Waals surface area contributed by atoms with Crippen molar-refractivity contribution in [3.63, 3.8) is 0 Å². The number of ether oxygens (including phenoxy) is 2. The van der Waals surface area contributed by atoms with Gasteiger partial charge in [-0.05, 0) is 58.6 Å². The van der Waals surface area contributed by atoms with Crippen molar-refractivity contribution >= 4 is 18.1 Å². The Labute approximate surface area is 250 Å². The molecule has 43 heavy (non-hydrogen) atoms. The molecule has 0 aromatic heterocycles. The standard InChI is InChI=1S/C14H15N.C9H14F2O2.C8H12F2O2.CO2/c1-3-7-13(8-4-1)11-15-12-14-9-5-2-6-10-14;1-5(2)13-8(12)9(3)4-6(9)7(10)11;1-4(2)12-8(11)6-3-5(6)7(9)10;2-1-3/h1-10,15H,11-12H2;5-7H,4H2,1-3H3;4-7H,3H2,1-2H3;/t;6-,9-;5-,6+;/m.01./s1. The molecule has 0 unspecified atom stereocenters. The average Bonchev–Trinajstić information content (AvgIpc) is 3.86. The number of rotatable bonds is 10. The molecule has 4 rings (SSSR count). The van der Waals surface area contributed by atoms with Crippen LogP contribution in [-0.4, -0.2) is 43.1 Å². The van der Waals surface area contributed by atoms with Gasteiger partial charge in [0.25, 0.3) is 0 Å². The summed E-state index contributed by atoms with van der Waals surface area (Å²) in [4.78, 5) is 38.5. The van der Waals surface area contributed by atoms with Gasteiger partial charge in [-0.15, -0.1) is 0 Å². The van der Waals surface area contributed by atoms with Gasteiger partial charge >= 0.3 is 18.1 Å². The Morgan fingerprint density at radius 3 is 1.60 bits per heavy atom. The first kappa shape index (κ1) is 37.5. The van der Waals surface area contributed by atoms with E-state index in [1.807, 2.05) is 12.1 Å². The molecule has 0 bridgehead atoms. The topological polar surface area (TPSA) is 98.8 Å². The smallest absolute Gasteiger partial charge is 0.373 e. The number of benzene rings is 2. The zero-order chi connectivity index (χ0) is 32.6. The lowest BCUT2D eigenvalue weighted by atomic mass is 10.1. The van der Waals surface area contributed by atoms with Gasteiger partial charge in [0.05, 0.1) is 23.5 Å². The predicted molar refractivity (Wildman–Crippen MR) is 151 cm³/mol. The highest BCUT2D eigenvalue weighted by Gasteiger charge is 2.61. The maximum Gasteiger partial charge on any atom is 0.373 e. The van der Waals surface area contributed by atoms with Gasteiger partial charge in [0, 0.05) is 24.9 Å². The van der Waals surface area contributed by atoms with E-state index >= 15 is 0 Å². The Morgan fingerprint density at radius 1 is 0.837 bits per heavy atom. The molecule has 2 aromatic rings. The highest BCUT2D eigenvalue weighted by atomic mass is 19.3. The normalized spacial score (nSPS) is 21.3. The van der Waals surface area contributed by atoms with E-state index in [0.29, 0.717) is 0 Å². The Kier molecular flexibility index (Phi) is 16.4. The van der Waals surface area contributed by atoms with Gasteiger partial charge in [-0.2, -0.15) is 9.59 Å². The molecular weight excluding hydrogens is 570 g/mol. The van der Waals surface area contributed by atoms with E-state index in [4.69, 9.17) is 19.1 Å². The Balaban J connectivity index is 0.000000310. The van der Waals surface area contributed by atoms with Crippen molar-refractivity contribution < 1.29 is 46.2 Å². The van der Waals surface area contributed by atoms with Crippen molar-refractivity contribution in [1.29, 1.82) is 0 Å². The highest BCUT2D eigenvalue weighted by Crippen LogP contribution is 2.56. The molecule has 7 nitrogen and oxygen atoms in total. The quantitative estimate of drug-likeness (QED) is 0.243. The number of nitrogens with one attached hydrogen (secondary N) is 1. The number of carbonyl (C=O) groups is 2. The van der Waals surface area contributed by atoms with Gasteiger partial charge in [0.2, 0.25) is 12.9 Å². The Hall–Kier alpha value is -3.56. The van der Waals surface area contributed by atoms with E-state index < -0.39 is 48.0 Å². The van der Waals surface area contributed by atoms with Crippen LogP contribution in [0.1, 0.15) is 58.6 Å². The van der Waals surface area contributed by atoms with Crippen LogP contribution in [0.3, 0.4) is 0 Å². The molecule has 0 aliphatic heterocycles. The number of alkyl halides is 4. The first-order chi connectivity index (χ1) is 20.3. The minimum atomic E-state index is -2.41. The predicted octanol–water partition coefficient (Wildman–Crippen LogP) is 6.46. The van der Waals surface area contributed by atoms with E-state index in [0.717, 1.165) is 13.1 Å². The minimum Gasteiger partial charge on any atom is -0.463 e. The fraction of sp³-hybridized carbons (Fsp3) is 0.531. The Bertz CT molecular complexity index is 1090. The molecule has 4 atom stereocenters. The van der Waals surface area contributed by atoms with Gasteiger partial charge in [-0.25, -0.2) is 17.6 Å². The first-order valence-electron chi connectivity index (χ1n) is 14.0. The zero-order valence-electron chi connectivity index (χ0n) is 25.1. The largest absolute Gasteiger partial charge is 0.463 e. The van der Waals surface area contributed by atoms with Gasteiger partial charge in [0.15, 0.2) is 0 Å². The molecule has 0 radical (unpaired) electrons. The summed E-state index contributed by atoms with van der Waals surface area (Å²) >= 11 is 0. The molecule has 0 spiro atoms. The summed E-state index contributed by atoms with van der Waals surface area (Å²) in [5, 5.41) is 3.42. The fourth-order valence-corrected chi connectivity index (χ4v) is 3.98. The number of hydrogen-bond donors (Lipinski definition) is 1. The van der Waals surface area contributed by atoms with E-state index in [-0.39, 0.29) is 31.2 Å². The molecule has 11 heteroatoms. The zero-order valence-corrected chi connectivity index (χ0v) is 25.1. The lowest BCUT2D eigenvalue weighted by molar-refractivity contribution is -0.191. The summed E-state index contributed by atoms with van der Waals surface area (Å²) in [6.45, 7) is 10.2. The van der Waals surface area contributed by atoms with Gasteiger partial charge < -0.3 is 14.8 Å². The molecule has 2 aliphatic carbocycles. The fourth-order valence-electron chi connectivity index (χ4n) is 3.98. The second-order valence-electron chi connectivity index (χ2n) is 11.0. The van der Waals surface area contributed by atoms with Crippen LogP contribution in [-0.2, 0) is 41.7 Å². The molecular formula is C32H41F4NO6. The molecule has 238 valence electrons. The van der Waals surface area contributed by atoms with Crippen molar-refractivity contribution in [2.24, 2.45) is 23.2 Å². The van der Waals surface area contributed by atoms with Crippen LogP contribution in [0.15, 0.2) is 60.7 Å². The van der Waals surface area contributed by atoms with Gasteiger partial charge in [-0.3, -0.25) is 9.59 Å². The molecule has 0 heterocycles. The van der Waals surface area contributed by atoms with Crippen LogP contribution in [0.2, 0.25) is 0 Å². The monoisotopic (exact) mass is 611 g/mol. The molecule has 2 fully saturated rings. The Morgan fingerprint density at radius 2 is 1.28 bits per heavy atom. The van der Waals surface area contributed by atoms with Crippen molar-refractivity contribution in [2.75, 3.05) is 0 Å². The third-order valence-corrected chi connectivity index (χ3v) is 6.58. The molecule has 0 amide bonds. The highest BCUT2D eigenvalue weighted by molar-refractivity contribution is 5.80. The third kappa shape index (κ3) is 14.4. The van der Waals surface area contributed by atoms with Crippen molar-refractivity contribution in [3.8, 4) is 0 Å². The van der Waals surface area contributed by atoms with Gasteiger partial charge in [-0.1, -0.05) is 60.7 Å². The maximum atomic E-state index is 12.2. The summed E-state index contributed by atoms with van der Waals surface area (Å²) in [5.74, 6) is -3.08. The summed E-state index contributed by atoms with van der Waals surface area (Å²) < 4.78 is 58.0. The SMILES string of the molecule is CC(C)OC(=O)[C@@]1(C)C[C@H]1C(F)F.CC(C)OC(=O)[C@H]1C[C@H]1C(F)F.O=C=O.c1ccc(CNCc2ccccc2)cc1. The summed E-state index contributed by atoms with van der Waals surface area (Å²) in [6.07, 6.45) is -4.46. The minimum absolute atomic E-state index is 0.212. The van der Waals surface area contributed by atoms with E-state index in [2.05, 4.69) is 53.8 Å². The second-order valence-corrected chi connectivity index (χ2v) is 11.0. The summed E-state index contributed by atoms with van der Waals surface area (Å²) in [6, 6.07) is 20.9.